The van der Waals surface area contributed by atoms with Crippen molar-refractivity contribution < 1.29 is 4.74 Å². The van der Waals surface area contributed by atoms with E-state index in [-0.39, 0.29) is 0 Å². The van der Waals surface area contributed by atoms with Crippen LogP contribution in [0.5, 0.6) is 5.75 Å². The molecule has 0 saturated heterocycles. The van der Waals surface area contributed by atoms with Crippen LogP contribution in [0, 0.1) is 0 Å². The van der Waals surface area contributed by atoms with E-state index in [0.29, 0.717) is 11.6 Å². The van der Waals surface area contributed by atoms with E-state index < -0.39 is 0 Å². The van der Waals surface area contributed by atoms with Gasteiger partial charge in [0.15, 0.2) is 0 Å². The second-order valence-electron chi connectivity index (χ2n) is 3.79. The van der Waals surface area contributed by atoms with Crippen LogP contribution in [-0.4, -0.2) is 7.11 Å². The summed E-state index contributed by atoms with van der Waals surface area (Å²) in [6.07, 6.45) is 0. The topological polar surface area (TPSA) is 21.3 Å². The van der Waals surface area contributed by atoms with E-state index in [1.165, 1.54) is 0 Å². The molecular weight excluding hydrogens is 314 g/mol. The zero-order valence-corrected chi connectivity index (χ0v) is 12.3. The summed E-state index contributed by atoms with van der Waals surface area (Å²) in [4.78, 5) is 0. The Balaban J connectivity index is 2.15. The molecule has 0 amide bonds. The standard InChI is InChI=1S/C14H13BrClNO/c1-18-14-7-6-11(16)8-10(14)9-17-13-5-3-2-4-12(13)15/h2-8,17H,9H2,1H3. The average molecular weight is 327 g/mol. The summed E-state index contributed by atoms with van der Waals surface area (Å²) >= 11 is 9.49. The molecule has 0 aliphatic rings. The molecule has 4 heteroatoms. The van der Waals surface area contributed by atoms with Gasteiger partial charge in [-0.15, -0.1) is 0 Å². The van der Waals surface area contributed by atoms with E-state index in [9.17, 15) is 0 Å². The van der Waals surface area contributed by atoms with Crippen LogP contribution < -0.4 is 10.1 Å². The predicted molar refractivity (Wildman–Crippen MR) is 79.5 cm³/mol. The van der Waals surface area contributed by atoms with Gasteiger partial charge in [-0.1, -0.05) is 23.7 Å². The minimum Gasteiger partial charge on any atom is -0.496 e. The smallest absolute Gasteiger partial charge is 0.123 e. The van der Waals surface area contributed by atoms with Crippen molar-refractivity contribution in [1.82, 2.24) is 0 Å². The third-order valence-corrected chi connectivity index (χ3v) is 3.51. The lowest BCUT2D eigenvalue weighted by Crippen LogP contribution is -2.02. The highest BCUT2D eigenvalue weighted by atomic mass is 79.9. The van der Waals surface area contributed by atoms with Gasteiger partial charge in [0, 0.05) is 27.3 Å². The fraction of sp³-hybridized carbons (Fsp3) is 0.143. The summed E-state index contributed by atoms with van der Waals surface area (Å²) in [5, 5.41) is 4.05. The van der Waals surface area contributed by atoms with Gasteiger partial charge in [-0.2, -0.15) is 0 Å². The van der Waals surface area contributed by atoms with Gasteiger partial charge in [-0.3, -0.25) is 0 Å². The molecule has 2 nitrogen and oxygen atoms in total. The zero-order valence-electron chi connectivity index (χ0n) is 9.91. The number of anilines is 1. The van der Waals surface area contributed by atoms with Gasteiger partial charge in [-0.25, -0.2) is 0 Å². The first-order valence-electron chi connectivity index (χ1n) is 5.51. The summed E-state index contributed by atoms with van der Waals surface area (Å²) in [5.74, 6) is 0.832. The average Bonchev–Trinajstić information content (AvgIpc) is 2.38. The molecule has 94 valence electrons. The summed E-state index contributed by atoms with van der Waals surface area (Å²) < 4.78 is 6.34. The molecule has 0 heterocycles. The molecule has 18 heavy (non-hydrogen) atoms. The van der Waals surface area contributed by atoms with E-state index >= 15 is 0 Å². The van der Waals surface area contributed by atoms with Crippen LogP contribution in [-0.2, 0) is 6.54 Å². The van der Waals surface area contributed by atoms with Crippen molar-refractivity contribution in [3.8, 4) is 5.75 Å². The number of para-hydroxylation sites is 1. The number of methoxy groups -OCH3 is 1. The van der Waals surface area contributed by atoms with E-state index in [0.717, 1.165) is 21.5 Å². The lowest BCUT2D eigenvalue weighted by atomic mass is 10.2. The Kier molecular flexibility index (Phi) is 4.50. The Morgan fingerprint density at radius 2 is 2.00 bits per heavy atom. The molecule has 0 unspecified atom stereocenters. The molecule has 0 aliphatic heterocycles. The molecule has 0 aromatic heterocycles. The minimum absolute atomic E-state index is 0.659. The first kappa shape index (κ1) is 13.2. The number of hydrogen-bond donors (Lipinski definition) is 1. The predicted octanol–water partition coefficient (Wildman–Crippen LogP) is 4.72. The van der Waals surface area contributed by atoms with E-state index in [1.807, 2.05) is 42.5 Å². The van der Waals surface area contributed by atoms with Gasteiger partial charge >= 0.3 is 0 Å². The normalized spacial score (nSPS) is 10.2. The molecule has 2 rings (SSSR count). The zero-order chi connectivity index (χ0) is 13.0. The lowest BCUT2D eigenvalue weighted by molar-refractivity contribution is 0.410. The Hall–Kier alpha value is -1.19. The van der Waals surface area contributed by atoms with Crippen LogP contribution in [0.25, 0.3) is 0 Å². The number of hydrogen-bond acceptors (Lipinski definition) is 2. The van der Waals surface area contributed by atoms with Crippen LogP contribution >= 0.6 is 27.5 Å². The lowest BCUT2D eigenvalue weighted by Gasteiger charge is -2.12. The van der Waals surface area contributed by atoms with Gasteiger partial charge in [0.1, 0.15) is 5.75 Å². The molecule has 2 aromatic carbocycles. The quantitative estimate of drug-likeness (QED) is 0.877. The van der Waals surface area contributed by atoms with Crippen molar-refractivity contribution in [3.05, 3.63) is 57.5 Å². The largest absolute Gasteiger partial charge is 0.496 e. The van der Waals surface area contributed by atoms with Crippen molar-refractivity contribution in [1.29, 1.82) is 0 Å². The van der Waals surface area contributed by atoms with Gasteiger partial charge < -0.3 is 10.1 Å². The summed E-state index contributed by atoms with van der Waals surface area (Å²) in [7, 11) is 1.66. The molecule has 0 atom stereocenters. The third kappa shape index (κ3) is 3.18. The second-order valence-corrected chi connectivity index (χ2v) is 5.08. The highest BCUT2D eigenvalue weighted by Gasteiger charge is 2.04. The molecule has 0 bridgehead atoms. The summed E-state index contributed by atoms with van der Waals surface area (Å²) in [5.41, 5.74) is 2.07. The monoisotopic (exact) mass is 325 g/mol. The number of benzene rings is 2. The molecule has 0 spiro atoms. The van der Waals surface area contributed by atoms with Crippen molar-refractivity contribution in [3.63, 3.8) is 0 Å². The Morgan fingerprint density at radius 3 is 2.72 bits per heavy atom. The molecule has 2 aromatic rings. The Morgan fingerprint density at radius 1 is 1.22 bits per heavy atom. The van der Waals surface area contributed by atoms with E-state index in [2.05, 4.69) is 21.2 Å². The van der Waals surface area contributed by atoms with Gasteiger partial charge in [0.25, 0.3) is 0 Å². The third-order valence-electron chi connectivity index (χ3n) is 2.59. The van der Waals surface area contributed by atoms with Gasteiger partial charge in [-0.05, 0) is 46.3 Å². The fourth-order valence-electron chi connectivity index (χ4n) is 1.68. The summed E-state index contributed by atoms with van der Waals surface area (Å²) in [6, 6.07) is 13.6. The molecule has 1 N–H and O–H groups in total. The van der Waals surface area contributed by atoms with E-state index in [1.54, 1.807) is 7.11 Å². The van der Waals surface area contributed by atoms with Gasteiger partial charge in [0.05, 0.1) is 7.11 Å². The van der Waals surface area contributed by atoms with Crippen molar-refractivity contribution in [2.24, 2.45) is 0 Å². The number of nitrogens with one attached hydrogen (secondary N) is 1. The highest BCUT2D eigenvalue weighted by Crippen LogP contribution is 2.26. The van der Waals surface area contributed by atoms with Crippen molar-refractivity contribution in [2.75, 3.05) is 12.4 Å². The Bertz CT molecular complexity index is 545. The first-order valence-corrected chi connectivity index (χ1v) is 6.68. The number of rotatable bonds is 4. The molecule has 0 saturated carbocycles. The van der Waals surface area contributed by atoms with Crippen molar-refractivity contribution >= 4 is 33.2 Å². The maximum atomic E-state index is 5.99. The SMILES string of the molecule is COc1ccc(Cl)cc1CNc1ccccc1Br. The summed E-state index contributed by atoms with van der Waals surface area (Å²) in [6.45, 7) is 0.659. The first-order chi connectivity index (χ1) is 8.70. The molecule has 0 radical (unpaired) electrons. The van der Waals surface area contributed by atoms with E-state index in [4.69, 9.17) is 16.3 Å². The van der Waals surface area contributed by atoms with Crippen LogP contribution in [0.4, 0.5) is 5.69 Å². The van der Waals surface area contributed by atoms with Gasteiger partial charge in [0.2, 0.25) is 0 Å². The van der Waals surface area contributed by atoms with Crippen LogP contribution in [0.3, 0.4) is 0 Å². The maximum absolute atomic E-state index is 5.99. The number of halogens is 2. The van der Waals surface area contributed by atoms with Crippen LogP contribution in [0.2, 0.25) is 5.02 Å². The van der Waals surface area contributed by atoms with Crippen molar-refractivity contribution in [2.45, 2.75) is 6.54 Å². The minimum atomic E-state index is 0.659. The molecule has 0 fully saturated rings. The molecular formula is C14H13BrClNO. The van der Waals surface area contributed by atoms with Crippen LogP contribution in [0.15, 0.2) is 46.9 Å². The molecule has 0 aliphatic carbocycles. The fourth-order valence-corrected chi connectivity index (χ4v) is 2.30. The maximum Gasteiger partial charge on any atom is 0.123 e. The number of ether oxygens (including phenoxy) is 1. The Labute approximate surface area is 120 Å². The second kappa shape index (κ2) is 6.12. The van der Waals surface area contributed by atoms with Crippen LogP contribution in [0.1, 0.15) is 5.56 Å². The highest BCUT2D eigenvalue weighted by molar-refractivity contribution is 9.10.